The molecule has 0 aliphatic heterocycles. The number of carbonyl (C=O) groups is 2. The van der Waals surface area contributed by atoms with Gasteiger partial charge in [0.05, 0.1) is 27.7 Å². The lowest BCUT2D eigenvalue weighted by molar-refractivity contribution is -0.870. The molecule has 0 aromatic rings. The molecule has 478 valence electrons. The number of esters is 2. The van der Waals surface area contributed by atoms with Crippen LogP contribution >= 0.6 is 7.82 Å². The highest BCUT2D eigenvalue weighted by atomic mass is 31.2. The molecule has 0 aliphatic carbocycles. The molecule has 0 amide bonds. The number of ether oxygens (including phenoxy) is 2. The molecule has 2 unspecified atom stereocenters. The highest BCUT2D eigenvalue weighted by Gasteiger charge is 2.22. The summed E-state index contributed by atoms with van der Waals surface area (Å²) < 4.78 is 34.2. The Morgan fingerprint density at radius 3 is 1.05 bits per heavy atom. The summed E-state index contributed by atoms with van der Waals surface area (Å²) in [6, 6.07) is 0. The van der Waals surface area contributed by atoms with Crippen LogP contribution in [0.15, 0.2) is 36.5 Å². The minimum atomic E-state index is -4.64. The van der Waals surface area contributed by atoms with Crippen molar-refractivity contribution >= 4 is 19.8 Å². The number of rotatable bonds is 66. The fourth-order valence-corrected chi connectivity index (χ4v) is 11.3. The number of phosphoric acid groups is 1. The van der Waals surface area contributed by atoms with E-state index >= 15 is 0 Å². The van der Waals surface area contributed by atoms with Gasteiger partial charge >= 0.3 is 11.9 Å². The smallest absolute Gasteiger partial charge is 0.306 e. The summed E-state index contributed by atoms with van der Waals surface area (Å²) in [6.45, 7) is 4.17. The summed E-state index contributed by atoms with van der Waals surface area (Å²) in [7, 11) is 1.17. The van der Waals surface area contributed by atoms with Crippen LogP contribution in [0.3, 0.4) is 0 Å². The maximum absolute atomic E-state index is 12.8. The number of allylic oxidation sites excluding steroid dienone is 6. The lowest BCUT2D eigenvalue weighted by Gasteiger charge is -2.28. The Kier molecular flexibility index (Phi) is 61.4. The molecule has 0 saturated carbocycles. The topological polar surface area (TPSA) is 111 Å². The van der Waals surface area contributed by atoms with Gasteiger partial charge in [0.2, 0.25) is 0 Å². The first-order valence-electron chi connectivity index (χ1n) is 35.2. The van der Waals surface area contributed by atoms with Crippen molar-refractivity contribution in [3.8, 4) is 0 Å². The van der Waals surface area contributed by atoms with E-state index in [9.17, 15) is 19.0 Å². The second-order valence-electron chi connectivity index (χ2n) is 25.2. The van der Waals surface area contributed by atoms with Crippen LogP contribution in [0.2, 0.25) is 0 Å². The van der Waals surface area contributed by atoms with Gasteiger partial charge in [0.25, 0.3) is 7.82 Å². The predicted octanol–water partition coefficient (Wildman–Crippen LogP) is 22.0. The van der Waals surface area contributed by atoms with Gasteiger partial charge in [0.1, 0.15) is 19.8 Å². The highest BCUT2D eigenvalue weighted by molar-refractivity contribution is 7.45. The van der Waals surface area contributed by atoms with Crippen molar-refractivity contribution < 1.29 is 42.1 Å². The average molecular weight is 1160 g/mol. The van der Waals surface area contributed by atoms with Crippen LogP contribution in [0.4, 0.5) is 0 Å². The molecule has 0 aromatic heterocycles. The number of carbonyl (C=O) groups excluding carboxylic acids is 2. The molecule has 0 aromatic carbocycles. The molecule has 0 saturated heterocycles. The zero-order valence-corrected chi connectivity index (χ0v) is 55.4. The fourth-order valence-electron chi connectivity index (χ4n) is 10.6. The van der Waals surface area contributed by atoms with E-state index in [4.69, 9.17) is 18.5 Å². The van der Waals surface area contributed by atoms with Crippen LogP contribution in [-0.2, 0) is 32.7 Å². The number of hydrogen-bond donors (Lipinski definition) is 0. The standard InChI is InChI=1S/C71H136NO8P/c1-6-8-10-12-14-16-18-20-22-24-25-26-27-28-29-30-31-32-33-34-35-36-37-38-39-40-41-42-43-44-45-46-48-49-51-53-55-57-59-61-63-70(73)77-67-69(68-79-81(75,76)78-66-65-72(3,4)5)80-71(74)64-62-60-58-56-54-52-50-47-23-21-19-17-15-13-11-9-7-2/h9,11,15,17,21,23,69H,6-8,10,12-14,16,18-20,22,24-68H2,1-5H3/b11-9-,17-15-,23-21-. The first kappa shape index (κ1) is 79.2. The molecule has 9 nitrogen and oxygen atoms in total. The SMILES string of the molecule is CC/C=C\C/C=C\C/C=C\CCCCCCCCCC(=O)OC(COC(=O)CCCCCCCCCCCCCCCCCCCCCCCCCCCCCCCCCCCCCCCCCC)COP(=O)([O-])OCC[N+](C)(C)C. The summed E-state index contributed by atoms with van der Waals surface area (Å²) >= 11 is 0. The summed E-state index contributed by atoms with van der Waals surface area (Å²) in [5.74, 6) is -0.830. The van der Waals surface area contributed by atoms with E-state index in [1.165, 1.54) is 257 Å². The zero-order valence-electron chi connectivity index (χ0n) is 54.5. The van der Waals surface area contributed by atoms with Crippen LogP contribution < -0.4 is 4.89 Å². The van der Waals surface area contributed by atoms with Crippen molar-refractivity contribution in [3.63, 3.8) is 0 Å². The molecule has 0 bridgehead atoms. The molecule has 0 N–H and O–H groups in total. The number of hydrogen-bond acceptors (Lipinski definition) is 8. The minimum absolute atomic E-state index is 0.0317. The van der Waals surface area contributed by atoms with Gasteiger partial charge in [-0.25, -0.2) is 0 Å². The third-order valence-electron chi connectivity index (χ3n) is 15.9. The van der Waals surface area contributed by atoms with E-state index in [0.29, 0.717) is 17.4 Å². The third kappa shape index (κ3) is 67.2. The van der Waals surface area contributed by atoms with Gasteiger partial charge < -0.3 is 27.9 Å². The molecule has 0 aliphatic rings. The second kappa shape index (κ2) is 62.8. The summed E-state index contributed by atoms with van der Waals surface area (Å²) in [5.41, 5.74) is 0. The van der Waals surface area contributed by atoms with Gasteiger partial charge in [-0.1, -0.05) is 333 Å². The van der Waals surface area contributed by atoms with Gasteiger partial charge in [-0.3, -0.25) is 14.2 Å². The van der Waals surface area contributed by atoms with Crippen LogP contribution in [0, 0.1) is 0 Å². The number of quaternary nitrogens is 1. The van der Waals surface area contributed by atoms with Crippen LogP contribution in [0.1, 0.15) is 354 Å². The first-order chi connectivity index (χ1) is 39.5. The van der Waals surface area contributed by atoms with Gasteiger partial charge in [-0.05, 0) is 44.9 Å². The minimum Gasteiger partial charge on any atom is -0.756 e. The summed E-state index contributed by atoms with van der Waals surface area (Å²) in [4.78, 5) is 37.9. The monoisotopic (exact) mass is 1160 g/mol. The van der Waals surface area contributed by atoms with Gasteiger partial charge in [-0.2, -0.15) is 0 Å². The van der Waals surface area contributed by atoms with Crippen molar-refractivity contribution in [2.24, 2.45) is 0 Å². The first-order valence-corrected chi connectivity index (χ1v) is 36.7. The number of phosphoric ester groups is 1. The van der Waals surface area contributed by atoms with Gasteiger partial charge in [0.15, 0.2) is 6.10 Å². The van der Waals surface area contributed by atoms with Crippen molar-refractivity contribution in [3.05, 3.63) is 36.5 Å². The van der Waals surface area contributed by atoms with E-state index in [0.717, 1.165) is 64.2 Å². The Morgan fingerprint density at radius 2 is 0.704 bits per heavy atom. The molecule has 0 heterocycles. The van der Waals surface area contributed by atoms with E-state index in [1.807, 2.05) is 21.1 Å². The Bertz CT molecular complexity index is 1460. The van der Waals surface area contributed by atoms with E-state index < -0.39 is 26.5 Å². The van der Waals surface area contributed by atoms with E-state index in [1.54, 1.807) is 0 Å². The lowest BCUT2D eigenvalue weighted by atomic mass is 10.0. The number of nitrogens with zero attached hydrogens (tertiary/aromatic N) is 1. The lowest BCUT2D eigenvalue weighted by Crippen LogP contribution is -2.37. The average Bonchev–Trinajstić information content (AvgIpc) is 3.43. The maximum Gasteiger partial charge on any atom is 0.306 e. The van der Waals surface area contributed by atoms with Crippen LogP contribution in [0.5, 0.6) is 0 Å². The van der Waals surface area contributed by atoms with Crippen LogP contribution in [-0.4, -0.2) is 70.0 Å². The molecular formula is C71H136NO8P. The molecule has 0 rings (SSSR count). The Balaban J connectivity index is 3.84. The Labute approximate surface area is 503 Å². The van der Waals surface area contributed by atoms with Crippen LogP contribution in [0.25, 0.3) is 0 Å². The quantitative estimate of drug-likeness (QED) is 0.0195. The van der Waals surface area contributed by atoms with Gasteiger partial charge in [0, 0.05) is 12.8 Å². The van der Waals surface area contributed by atoms with Gasteiger partial charge in [-0.15, -0.1) is 0 Å². The molecule has 0 spiro atoms. The van der Waals surface area contributed by atoms with Crippen molar-refractivity contribution in [2.45, 2.75) is 360 Å². The molecule has 0 radical (unpaired) electrons. The third-order valence-corrected chi connectivity index (χ3v) is 16.9. The fraction of sp³-hybridized carbons (Fsp3) is 0.887. The summed E-state index contributed by atoms with van der Waals surface area (Å²) in [5, 5.41) is 0. The molecular weight excluding hydrogens is 1030 g/mol. The summed E-state index contributed by atoms with van der Waals surface area (Å²) in [6.07, 6.45) is 79.8. The van der Waals surface area contributed by atoms with E-state index in [-0.39, 0.29) is 32.0 Å². The number of likely N-dealkylation sites (N-methyl/N-ethyl adjacent to an activating group) is 1. The predicted molar refractivity (Wildman–Crippen MR) is 347 cm³/mol. The Morgan fingerprint density at radius 1 is 0.395 bits per heavy atom. The molecule has 10 heteroatoms. The Hall–Kier alpha value is -1.77. The van der Waals surface area contributed by atoms with Crippen molar-refractivity contribution in [2.75, 3.05) is 47.5 Å². The molecule has 81 heavy (non-hydrogen) atoms. The largest absolute Gasteiger partial charge is 0.756 e. The highest BCUT2D eigenvalue weighted by Crippen LogP contribution is 2.38. The maximum atomic E-state index is 12.8. The van der Waals surface area contributed by atoms with Crippen molar-refractivity contribution in [1.82, 2.24) is 0 Å². The zero-order chi connectivity index (χ0) is 59.1. The van der Waals surface area contributed by atoms with E-state index in [2.05, 4.69) is 50.3 Å². The second-order valence-corrected chi connectivity index (χ2v) is 26.6. The number of unbranched alkanes of at least 4 members (excludes halogenated alkanes) is 46. The normalized spacial score (nSPS) is 13.3. The molecule has 2 atom stereocenters. The molecule has 0 fully saturated rings. The van der Waals surface area contributed by atoms with Crippen molar-refractivity contribution in [1.29, 1.82) is 0 Å².